The molecule has 1 aliphatic rings. The number of nitrogens with one attached hydrogen (secondary N) is 1. The van der Waals surface area contributed by atoms with E-state index in [-0.39, 0.29) is 6.04 Å². The van der Waals surface area contributed by atoms with E-state index in [9.17, 15) is 0 Å². The van der Waals surface area contributed by atoms with Gasteiger partial charge in [0.25, 0.3) is 0 Å². The van der Waals surface area contributed by atoms with Crippen LogP contribution in [0.15, 0.2) is 30.5 Å². The molecule has 0 amide bonds. The summed E-state index contributed by atoms with van der Waals surface area (Å²) in [4.78, 5) is 0. The van der Waals surface area contributed by atoms with Gasteiger partial charge < -0.3 is 4.74 Å². The lowest BCUT2D eigenvalue weighted by Gasteiger charge is -2.16. The summed E-state index contributed by atoms with van der Waals surface area (Å²) >= 11 is 0. The first-order valence-electron chi connectivity index (χ1n) is 6.46. The molecule has 0 radical (unpaired) electrons. The molecule has 1 aromatic carbocycles. The Bertz CT molecular complexity index is 579. The molecule has 5 heteroatoms. The summed E-state index contributed by atoms with van der Waals surface area (Å²) in [7, 11) is 1.92. The van der Waals surface area contributed by atoms with Gasteiger partial charge in [-0.3, -0.25) is 16.0 Å². The summed E-state index contributed by atoms with van der Waals surface area (Å²) in [5.74, 6) is 6.69. The monoisotopic (exact) mass is 258 g/mol. The number of rotatable bonds is 4. The molecular weight excluding hydrogens is 240 g/mol. The molecule has 0 saturated carbocycles. The van der Waals surface area contributed by atoms with Gasteiger partial charge >= 0.3 is 0 Å². The number of aromatic nitrogens is 2. The van der Waals surface area contributed by atoms with Crippen molar-refractivity contribution in [1.82, 2.24) is 15.2 Å². The lowest BCUT2D eigenvalue weighted by atomic mass is 9.99. The minimum Gasteiger partial charge on any atom is -0.493 e. The van der Waals surface area contributed by atoms with Crippen molar-refractivity contribution in [1.29, 1.82) is 0 Å². The van der Waals surface area contributed by atoms with E-state index in [1.807, 2.05) is 25.4 Å². The van der Waals surface area contributed by atoms with Crippen LogP contribution in [0.25, 0.3) is 0 Å². The number of nitrogens with two attached hydrogens (primary N) is 1. The molecule has 3 rings (SSSR count). The lowest BCUT2D eigenvalue weighted by molar-refractivity contribution is 0.356. The standard InChI is InChI=1S/C14H18N4O/c1-18-6-4-12(17-18)9-13(16-15)10-2-3-14-11(8-10)5-7-19-14/h2-4,6,8,13,16H,5,7,9,15H2,1H3. The van der Waals surface area contributed by atoms with E-state index in [0.29, 0.717) is 0 Å². The molecule has 1 aromatic heterocycles. The van der Waals surface area contributed by atoms with E-state index >= 15 is 0 Å². The van der Waals surface area contributed by atoms with Gasteiger partial charge in [0.15, 0.2) is 0 Å². The van der Waals surface area contributed by atoms with Crippen molar-refractivity contribution in [3.63, 3.8) is 0 Å². The summed E-state index contributed by atoms with van der Waals surface area (Å²) in [6.07, 6.45) is 3.69. The smallest absolute Gasteiger partial charge is 0.122 e. The van der Waals surface area contributed by atoms with Crippen LogP contribution in [0.3, 0.4) is 0 Å². The van der Waals surface area contributed by atoms with Crippen LogP contribution in [-0.2, 0) is 19.9 Å². The van der Waals surface area contributed by atoms with Crippen LogP contribution < -0.4 is 16.0 Å². The number of benzene rings is 1. The predicted molar refractivity (Wildman–Crippen MR) is 72.6 cm³/mol. The van der Waals surface area contributed by atoms with Crippen molar-refractivity contribution >= 4 is 0 Å². The molecule has 1 unspecified atom stereocenters. The first-order chi connectivity index (χ1) is 9.26. The highest BCUT2D eigenvalue weighted by Gasteiger charge is 2.17. The van der Waals surface area contributed by atoms with Gasteiger partial charge in [0.1, 0.15) is 5.75 Å². The molecule has 0 spiro atoms. The Morgan fingerprint density at radius 2 is 2.37 bits per heavy atom. The predicted octanol–water partition coefficient (Wildman–Crippen LogP) is 1.10. The molecule has 3 N–H and O–H groups in total. The second-order valence-corrected chi connectivity index (χ2v) is 4.87. The third-order valence-electron chi connectivity index (χ3n) is 3.50. The van der Waals surface area contributed by atoms with E-state index in [1.54, 1.807) is 4.68 Å². The Morgan fingerprint density at radius 3 is 3.11 bits per heavy atom. The fourth-order valence-corrected chi connectivity index (χ4v) is 2.48. The highest BCUT2D eigenvalue weighted by atomic mass is 16.5. The van der Waals surface area contributed by atoms with Crippen molar-refractivity contribution in [3.8, 4) is 5.75 Å². The maximum absolute atomic E-state index is 5.69. The van der Waals surface area contributed by atoms with Gasteiger partial charge in [0.05, 0.1) is 18.3 Å². The van der Waals surface area contributed by atoms with Crippen LogP contribution in [-0.4, -0.2) is 16.4 Å². The molecule has 2 aromatic rings. The quantitative estimate of drug-likeness (QED) is 0.637. The maximum Gasteiger partial charge on any atom is 0.122 e. The van der Waals surface area contributed by atoms with Gasteiger partial charge in [-0.25, -0.2) is 0 Å². The van der Waals surface area contributed by atoms with Crippen LogP contribution >= 0.6 is 0 Å². The third kappa shape index (κ3) is 2.47. The topological polar surface area (TPSA) is 65.1 Å². The third-order valence-corrected chi connectivity index (χ3v) is 3.50. The molecule has 19 heavy (non-hydrogen) atoms. The minimum atomic E-state index is 0.0702. The largest absolute Gasteiger partial charge is 0.493 e. The summed E-state index contributed by atoms with van der Waals surface area (Å²) in [5, 5.41) is 4.39. The summed E-state index contributed by atoms with van der Waals surface area (Å²) in [6.45, 7) is 0.778. The van der Waals surface area contributed by atoms with Crippen molar-refractivity contribution in [2.24, 2.45) is 12.9 Å². The molecule has 0 saturated heterocycles. The fraction of sp³-hybridized carbons (Fsp3) is 0.357. The zero-order chi connectivity index (χ0) is 13.2. The second-order valence-electron chi connectivity index (χ2n) is 4.87. The van der Waals surface area contributed by atoms with Crippen molar-refractivity contribution in [2.45, 2.75) is 18.9 Å². The normalized spacial score (nSPS) is 15.1. The SMILES string of the molecule is Cn1ccc(CC(NN)c2ccc3c(c2)CCO3)n1. The van der Waals surface area contributed by atoms with Crippen molar-refractivity contribution in [3.05, 3.63) is 47.3 Å². The van der Waals surface area contributed by atoms with Crippen LogP contribution in [0.1, 0.15) is 22.9 Å². The maximum atomic E-state index is 5.69. The van der Waals surface area contributed by atoms with E-state index in [0.717, 1.165) is 30.9 Å². The summed E-state index contributed by atoms with van der Waals surface area (Å²) in [5.41, 5.74) is 6.35. The van der Waals surface area contributed by atoms with Gasteiger partial charge in [0, 0.05) is 26.1 Å². The van der Waals surface area contributed by atoms with Crippen LogP contribution in [0.4, 0.5) is 0 Å². The number of hydrogen-bond acceptors (Lipinski definition) is 4. The van der Waals surface area contributed by atoms with Gasteiger partial charge in [-0.1, -0.05) is 12.1 Å². The Kier molecular flexibility index (Phi) is 3.23. The average Bonchev–Trinajstić information content (AvgIpc) is 3.03. The fourth-order valence-electron chi connectivity index (χ4n) is 2.48. The molecule has 1 aliphatic heterocycles. The first-order valence-corrected chi connectivity index (χ1v) is 6.46. The Labute approximate surface area is 112 Å². The minimum absolute atomic E-state index is 0.0702. The molecule has 2 heterocycles. The van der Waals surface area contributed by atoms with Gasteiger partial charge in [-0.15, -0.1) is 0 Å². The Hall–Kier alpha value is -1.85. The summed E-state index contributed by atoms with van der Waals surface area (Å²) < 4.78 is 7.33. The molecule has 100 valence electrons. The van der Waals surface area contributed by atoms with Gasteiger partial charge in [0.2, 0.25) is 0 Å². The van der Waals surface area contributed by atoms with Crippen LogP contribution in [0.5, 0.6) is 5.75 Å². The zero-order valence-electron chi connectivity index (χ0n) is 11.0. The average molecular weight is 258 g/mol. The number of nitrogens with zero attached hydrogens (tertiary/aromatic N) is 2. The van der Waals surface area contributed by atoms with E-state index in [1.165, 1.54) is 11.1 Å². The second kappa shape index (κ2) is 5.03. The van der Waals surface area contributed by atoms with Crippen LogP contribution in [0, 0.1) is 0 Å². The number of aryl methyl sites for hydroxylation is 1. The lowest BCUT2D eigenvalue weighted by Crippen LogP contribution is -2.29. The summed E-state index contributed by atoms with van der Waals surface area (Å²) in [6, 6.07) is 8.36. The highest BCUT2D eigenvalue weighted by molar-refractivity contribution is 5.41. The number of hydrazine groups is 1. The molecular formula is C14H18N4O. The van der Waals surface area contributed by atoms with Gasteiger partial charge in [-0.2, -0.15) is 5.10 Å². The van der Waals surface area contributed by atoms with E-state index in [2.05, 4.69) is 22.7 Å². The molecule has 0 bridgehead atoms. The molecule has 1 atom stereocenters. The highest BCUT2D eigenvalue weighted by Crippen LogP contribution is 2.28. The number of ether oxygens (including phenoxy) is 1. The molecule has 0 fully saturated rings. The zero-order valence-corrected chi connectivity index (χ0v) is 11.0. The van der Waals surface area contributed by atoms with Crippen molar-refractivity contribution in [2.75, 3.05) is 6.61 Å². The van der Waals surface area contributed by atoms with Crippen molar-refractivity contribution < 1.29 is 4.74 Å². The van der Waals surface area contributed by atoms with E-state index in [4.69, 9.17) is 10.6 Å². The first kappa shape index (κ1) is 12.2. The van der Waals surface area contributed by atoms with E-state index < -0.39 is 0 Å². The Balaban J connectivity index is 1.82. The molecule has 0 aliphatic carbocycles. The number of hydrogen-bond donors (Lipinski definition) is 2. The van der Waals surface area contributed by atoms with Crippen LogP contribution in [0.2, 0.25) is 0 Å². The Morgan fingerprint density at radius 1 is 1.47 bits per heavy atom. The molecule has 5 nitrogen and oxygen atoms in total. The van der Waals surface area contributed by atoms with Gasteiger partial charge in [-0.05, 0) is 23.3 Å². The number of fused-ring (bicyclic) bond motifs is 1.